The number of anilines is 3. The second-order valence-corrected chi connectivity index (χ2v) is 13.6. The second kappa shape index (κ2) is 13.0. The van der Waals surface area contributed by atoms with Crippen LogP contribution in [-0.4, -0.2) is 0 Å². The number of hydrogen-bond donors (Lipinski definition) is 0. The topological polar surface area (TPSA) is 3.24 Å². The first-order valence-corrected chi connectivity index (χ1v) is 17.8. The molecule has 0 spiro atoms. The minimum atomic E-state index is 1.12. The van der Waals surface area contributed by atoms with Crippen LogP contribution in [0.3, 0.4) is 0 Å². The van der Waals surface area contributed by atoms with E-state index in [2.05, 4.69) is 205 Å². The molecule has 0 radical (unpaired) electrons. The summed E-state index contributed by atoms with van der Waals surface area (Å²) in [5, 5.41) is 2.57. The zero-order chi connectivity index (χ0) is 33.3. The third-order valence-corrected chi connectivity index (χ3v) is 10.7. The first-order valence-electron chi connectivity index (χ1n) is 17.0. The van der Waals surface area contributed by atoms with E-state index in [1.807, 2.05) is 11.3 Å². The van der Waals surface area contributed by atoms with Crippen molar-refractivity contribution >= 4 is 48.6 Å². The van der Waals surface area contributed by atoms with E-state index in [0.717, 1.165) is 11.4 Å². The second-order valence-electron chi connectivity index (χ2n) is 12.5. The van der Waals surface area contributed by atoms with E-state index >= 15 is 0 Å². The smallest absolute Gasteiger partial charge is 0.0554 e. The van der Waals surface area contributed by atoms with Crippen molar-refractivity contribution in [2.45, 2.75) is 0 Å². The Morgan fingerprint density at radius 3 is 1.20 bits per heavy atom. The molecule has 0 fully saturated rings. The number of fused-ring (bicyclic) bond motifs is 3. The quantitative estimate of drug-likeness (QED) is 0.165. The lowest BCUT2D eigenvalue weighted by atomic mass is 9.94. The summed E-state index contributed by atoms with van der Waals surface area (Å²) < 4.78 is 2.59. The molecule has 1 nitrogen and oxygen atoms in total. The minimum absolute atomic E-state index is 1.12. The van der Waals surface area contributed by atoms with E-state index in [4.69, 9.17) is 0 Å². The molecule has 8 aromatic carbocycles. The Balaban J connectivity index is 1.18. The van der Waals surface area contributed by atoms with Crippen molar-refractivity contribution in [1.29, 1.82) is 0 Å². The fraction of sp³-hybridized carbons (Fsp3) is 0. The van der Waals surface area contributed by atoms with Crippen molar-refractivity contribution < 1.29 is 0 Å². The van der Waals surface area contributed by atoms with E-state index in [-0.39, 0.29) is 0 Å². The molecule has 1 heterocycles. The molecule has 0 aliphatic heterocycles. The van der Waals surface area contributed by atoms with E-state index < -0.39 is 0 Å². The van der Waals surface area contributed by atoms with Gasteiger partial charge in [-0.05, 0) is 87.0 Å². The largest absolute Gasteiger partial charge is 0.310 e. The van der Waals surface area contributed by atoms with E-state index in [1.165, 1.54) is 70.4 Å². The third-order valence-electron chi connectivity index (χ3n) is 9.52. The zero-order valence-electron chi connectivity index (χ0n) is 27.4. The van der Waals surface area contributed by atoms with Gasteiger partial charge in [0.2, 0.25) is 0 Å². The first kappa shape index (κ1) is 29.9. The van der Waals surface area contributed by atoms with Crippen LogP contribution in [0, 0.1) is 0 Å². The maximum Gasteiger partial charge on any atom is 0.0554 e. The summed E-state index contributed by atoms with van der Waals surface area (Å²) in [7, 11) is 0. The maximum atomic E-state index is 2.42. The van der Waals surface area contributed by atoms with Crippen LogP contribution in [0.25, 0.3) is 64.7 Å². The lowest BCUT2D eigenvalue weighted by molar-refractivity contribution is 1.30. The molecule has 9 aromatic rings. The molecule has 0 saturated carbocycles. The number of hydrogen-bond acceptors (Lipinski definition) is 2. The van der Waals surface area contributed by atoms with Crippen LogP contribution in [0.5, 0.6) is 0 Å². The Morgan fingerprint density at radius 1 is 0.300 bits per heavy atom. The number of benzene rings is 8. The van der Waals surface area contributed by atoms with Crippen LogP contribution in [0.4, 0.5) is 17.1 Å². The predicted molar refractivity (Wildman–Crippen MR) is 216 cm³/mol. The highest BCUT2D eigenvalue weighted by atomic mass is 32.1. The molecule has 50 heavy (non-hydrogen) atoms. The molecule has 9 rings (SSSR count). The van der Waals surface area contributed by atoms with Gasteiger partial charge in [-0.1, -0.05) is 158 Å². The van der Waals surface area contributed by atoms with Crippen LogP contribution < -0.4 is 4.90 Å². The molecule has 0 saturated heterocycles. The van der Waals surface area contributed by atoms with Crippen LogP contribution in [0.2, 0.25) is 0 Å². The summed E-state index contributed by atoms with van der Waals surface area (Å²) >= 11 is 1.86. The van der Waals surface area contributed by atoms with Crippen molar-refractivity contribution in [1.82, 2.24) is 0 Å². The Bertz CT molecular complexity index is 2440. The highest BCUT2D eigenvalue weighted by molar-refractivity contribution is 7.26. The lowest BCUT2D eigenvalue weighted by Crippen LogP contribution is -2.10. The van der Waals surface area contributed by atoms with Crippen molar-refractivity contribution in [2.75, 3.05) is 4.90 Å². The number of rotatable bonds is 7. The van der Waals surface area contributed by atoms with Gasteiger partial charge in [0.15, 0.2) is 0 Å². The van der Waals surface area contributed by atoms with Gasteiger partial charge in [-0.15, -0.1) is 11.3 Å². The molecule has 0 atom stereocenters. The summed E-state index contributed by atoms with van der Waals surface area (Å²) in [6.45, 7) is 0. The van der Waals surface area contributed by atoms with Gasteiger partial charge < -0.3 is 4.90 Å². The SMILES string of the molecule is c1ccc(-c2ccccc2-c2ccc(N(c3ccc(-c4ccccc4-c4ccccc4)cc3)c3cccc4sc5ccccc5c34)cc2)cc1. The Morgan fingerprint density at radius 2 is 0.700 bits per heavy atom. The molecule has 0 aliphatic carbocycles. The average molecular weight is 656 g/mol. The summed E-state index contributed by atoms with van der Waals surface area (Å²) in [5.74, 6) is 0. The lowest BCUT2D eigenvalue weighted by Gasteiger charge is -2.27. The molecular weight excluding hydrogens is 623 g/mol. The number of nitrogens with zero attached hydrogens (tertiary/aromatic N) is 1. The molecule has 0 unspecified atom stereocenters. The van der Waals surface area contributed by atoms with Crippen LogP contribution >= 0.6 is 11.3 Å². The van der Waals surface area contributed by atoms with Gasteiger partial charge in [-0.3, -0.25) is 0 Å². The van der Waals surface area contributed by atoms with Gasteiger partial charge in [-0.25, -0.2) is 0 Å². The van der Waals surface area contributed by atoms with Gasteiger partial charge in [0, 0.05) is 31.5 Å². The predicted octanol–water partition coefficient (Wildman–Crippen LogP) is 14.2. The van der Waals surface area contributed by atoms with E-state index in [9.17, 15) is 0 Å². The van der Waals surface area contributed by atoms with Gasteiger partial charge in [-0.2, -0.15) is 0 Å². The summed E-state index contributed by atoms with van der Waals surface area (Å²) in [5.41, 5.74) is 13.2. The maximum absolute atomic E-state index is 2.42. The Kier molecular flexibility index (Phi) is 7.77. The summed E-state index contributed by atoms with van der Waals surface area (Å²) in [4.78, 5) is 2.42. The van der Waals surface area contributed by atoms with Crippen molar-refractivity contribution in [3.05, 3.63) is 200 Å². The molecule has 1 aromatic heterocycles. The Labute approximate surface area is 297 Å². The highest BCUT2D eigenvalue weighted by Gasteiger charge is 2.19. The third kappa shape index (κ3) is 5.46. The average Bonchev–Trinajstić information content (AvgIpc) is 3.59. The Hall–Kier alpha value is -6.22. The van der Waals surface area contributed by atoms with Gasteiger partial charge in [0.25, 0.3) is 0 Å². The van der Waals surface area contributed by atoms with Gasteiger partial charge >= 0.3 is 0 Å². The van der Waals surface area contributed by atoms with Crippen LogP contribution in [0.15, 0.2) is 200 Å². The minimum Gasteiger partial charge on any atom is -0.310 e. The fourth-order valence-electron chi connectivity index (χ4n) is 7.16. The van der Waals surface area contributed by atoms with Gasteiger partial charge in [0.1, 0.15) is 0 Å². The van der Waals surface area contributed by atoms with Crippen molar-refractivity contribution in [3.8, 4) is 44.5 Å². The van der Waals surface area contributed by atoms with Gasteiger partial charge in [0.05, 0.1) is 5.69 Å². The number of thiophene rings is 1. The molecule has 0 aliphatic rings. The fourth-order valence-corrected chi connectivity index (χ4v) is 8.29. The van der Waals surface area contributed by atoms with Crippen molar-refractivity contribution in [2.24, 2.45) is 0 Å². The molecule has 0 amide bonds. The summed E-state index contributed by atoms with van der Waals surface area (Å²) in [6, 6.07) is 72.2. The molecule has 0 N–H and O–H groups in total. The zero-order valence-corrected chi connectivity index (χ0v) is 28.2. The molecular formula is C48H33NS. The van der Waals surface area contributed by atoms with Crippen molar-refractivity contribution in [3.63, 3.8) is 0 Å². The standard InChI is InChI=1S/C48H33NS/c1-3-14-34(15-4-1)40-18-7-9-20-42(40)36-26-30-38(31-27-36)49(45-23-13-25-47-48(45)44-22-11-12-24-46(44)50-47)39-32-28-37(29-33-39)43-21-10-8-19-41(43)35-16-5-2-6-17-35/h1-33H. The summed E-state index contributed by atoms with van der Waals surface area (Å²) in [6.07, 6.45) is 0. The normalized spacial score (nSPS) is 11.2. The first-order chi connectivity index (χ1) is 24.8. The van der Waals surface area contributed by atoms with E-state index in [1.54, 1.807) is 0 Å². The molecule has 0 bridgehead atoms. The molecule has 236 valence electrons. The van der Waals surface area contributed by atoms with E-state index in [0.29, 0.717) is 0 Å². The molecule has 2 heteroatoms. The highest BCUT2D eigenvalue weighted by Crippen LogP contribution is 2.46. The monoisotopic (exact) mass is 655 g/mol. The van der Waals surface area contributed by atoms with Crippen LogP contribution in [-0.2, 0) is 0 Å². The van der Waals surface area contributed by atoms with Crippen LogP contribution in [0.1, 0.15) is 0 Å².